The highest BCUT2D eigenvalue weighted by atomic mass is 16.5. The molecule has 1 heterocycles. The van der Waals surface area contributed by atoms with E-state index in [1.54, 1.807) is 0 Å². The molecule has 3 heteroatoms. The summed E-state index contributed by atoms with van der Waals surface area (Å²) in [6.45, 7) is 5.31. The van der Waals surface area contributed by atoms with Crippen LogP contribution in [0, 0.1) is 11.3 Å². The van der Waals surface area contributed by atoms with Gasteiger partial charge in [0.25, 0.3) is 0 Å². The highest BCUT2D eigenvalue weighted by Gasteiger charge is 2.48. The minimum Gasteiger partial charge on any atom is -0.466 e. The van der Waals surface area contributed by atoms with E-state index in [1.165, 1.54) is 18.4 Å². The average molecular weight is 287 g/mol. The largest absolute Gasteiger partial charge is 0.466 e. The number of carbonyl (C=O) groups is 1. The van der Waals surface area contributed by atoms with Crippen molar-refractivity contribution in [3.63, 3.8) is 0 Å². The molecule has 0 amide bonds. The first-order chi connectivity index (χ1) is 10.2. The molecule has 3 rings (SSSR count). The van der Waals surface area contributed by atoms with E-state index >= 15 is 0 Å². The first-order valence-electron chi connectivity index (χ1n) is 8.15. The number of piperidine rings is 1. The molecule has 0 N–H and O–H groups in total. The normalized spacial score (nSPS) is 29.1. The van der Waals surface area contributed by atoms with Crippen molar-refractivity contribution < 1.29 is 9.53 Å². The van der Waals surface area contributed by atoms with E-state index in [2.05, 4.69) is 35.2 Å². The van der Waals surface area contributed by atoms with Gasteiger partial charge in [-0.15, -0.1) is 0 Å². The summed E-state index contributed by atoms with van der Waals surface area (Å²) in [6.07, 6.45) is 4.44. The Morgan fingerprint density at radius 2 is 2.19 bits per heavy atom. The van der Waals surface area contributed by atoms with Crippen molar-refractivity contribution >= 4 is 5.97 Å². The second-order valence-electron chi connectivity index (χ2n) is 6.62. The first-order valence-corrected chi connectivity index (χ1v) is 8.15. The lowest BCUT2D eigenvalue weighted by Gasteiger charge is -2.48. The highest BCUT2D eigenvalue weighted by Crippen LogP contribution is 2.45. The van der Waals surface area contributed by atoms with Crippen molar-refractivity contribution in [2.75, 3.05) is 19.7 Å². The number of hydrogen-bond acceptors (Lipinski definition) is 3. The molecule has 1 aliphatic heterocycles. The van der Waals surface area contributed by atoms with E-state index in [-0.39, 0.29) is 11.4 Å². The number of nitrogens with zero attached hydrogens (tertiary/aromatic N) is 1. The topological polar surface area (TPSA) is 29.5 Å². The zero-order valence-corrected chi connectivity index (χ0v) is 12.9. The van der Waals surface area contributed by atoms with Crippen LogP contribution in [0.4, 0.5) is 0 Å². The monoisotopic (exact) mass is 287 g/mol. The van der Waals surface area contributed by atoms with Crippen molar-refractivity contribution in [1.29, 1.82) is 0 Å². The Morgan fingerprint density at radius 1 is 1.38 bits per heavy atom. The van der Waals surface area contributed by atoms with Crippen LogP contribution in [0.15, 0.2) is 30.3 Å². The second-order valence-corrected chi connectivity index (χ2v) is 6.62. The van der Waals surface area contributed by atoms with Crippen LogP contribution in [-0.4, -0.2) is 30.6 Å². The Morgan fingerprint density at radius 3 is 2.95 bits per heavy atom. The minimum absolute atomic E-state index is 0.0347. The molecule has 3 nitrogen and oxygen atoms in total. The van der Waals surface area contributed by atoms with Crippen LogP contribution in [0.5, 0.6) is 0 Å². The molecular formula is C18H25NO2. The first kappa shape index (κ1) is 14.6. The van der Waals surface area contributed by atoms with E-state index in [0.29, 0.717) is 12.5 Å². The van der Waals surface area contributed by atoms with Crippen LogP contribution in [0.1, 0.15) is 38.2 Å². The third kappa shape index (κ3) is 3.13. The molecule has 114 valence electrons. The van der Waals surface area contributed by atoms with Crippen LogP contribution >= 0.6 is 0 Å². The molecule has 2 bridgehead atoms. The maximum absolute atomic E-state index is 12.5. The molecule has 1 aromatic carbocycles. The molecule has 1 saturated carbocycles. The van der Waals surface area contributed by atoms with Gasteiger partial charge in [-0.05, 0) is 37.7 Å². The Kier molecular flexibility index (Phi) is 4.29. The SMILES string of the molecule is CCOC(=O)C12CCCC(CN(Cc3ccccc3)C1)C2. The summed E-state index contributed by atoms with van der Waals surface area (Å²) in [5.41, 5.74) is 1.09. The zero-order chi connectivity index (χ0) is 14.7. The lowest BCUT2D eigenvalue weighted by Crippen LogP contribution is -2.53. The van der Waals surface area contributed by atoms with Crippen molar-refractivity contribution in [3.8, 4) is 0 Å². The fourth-order valence-electron chi connectivity index (χ4n) is 4.14. The number of carbonyl (C=O) groups excluding carboxylic acids is 1. The van der Waals surface area contributed by atoms with Gasteiger partial charge in [0, 0.05) is 19.6 Å². The molecule has 2 aliphatic rings. The van der Waals surface area contributed by atoms with Gasteiger partial charge < -0.3 is 4.74 Å². The van der Waals surface area contributed by atoms with E-state index < -0.39 is 0 Å². The molecule has 21 heavy (non-hydrogen) atoms. The van der Waals surface area contributed by atoms with Gasteiger partial charge >= 0.3 is 5.97 Å². The Bertz CT molecular complexity index is 487. The molecule has 0 radical (unpaired) electrons. The number of ether oxygens (including phenoxy) is 1. The number of esters is 1. The fraction of sp³-hybridized carbons (Fsp3) is 0.611. The van der Waals surface area contributed by atoms with Gasteiger partial charge in [-0.25, -0.2) is 0 Å². The van der Waals surface area contributed by atoms with Crippen LogP contribution < -0.4 is 0 Å². The number of hydrogen-bond donors (Lipinski definition) is 0. The Labute approximate surface area is 127 Å². The molecule has 1 saturated heterocycles. The van der Waals surface area contributed by atoms with Crippen LogP contribution in [0.25, 0.3) is 0 Å². The van der Waals surface area contributed by atoms with Gasteiger partial charge in [-0.3, -0.25) is 9.69 Å². The lowest BCUT2D eigenvalue weighted by molar-refractivity contribution is -0.164. The van der Waals surface area contributed by atoms with Gasteiger partial charge in [-0.1, -0.05) is 36.8 Å². The predicted molar refractivity (Wildman–Crippen MR) is 82.7 cm³/mol. The standard InChI is InChI=1S/C18H25NO2/c1-2-21-17(20)18-10-6-9-16(11-18)13-19(14-18)12-15-7-4-3-5-8-15/h3-5,7-8,16H,2,6,9-14H2,1H3. The quantitative estimate of drug-likeness (QED) is 0.796. The van der Waals surface area contributed by atoms with Gasteiger partial charge in [0.1, 0.15) is 0 Å². The summed E-state index contributed by atoms with van der Waals surface area (Å²) in [7, 11) is 0. The van der Waals surface area contributed by atoms with Crippen molar-refractivity contribution in [2.24, 2.45) is 11.3 Å². The number of fused-ring (bicyclic) bond motifs is 2. The predicted octanol–water partition coefficient (Wildman–Crippen LogP) is 3.24. The summed E-state index contributed by atoms with van der Waals surface area (Å²) in [4.78, 5) is 14.9. The van der Waals surface area contributed by atoms with Crippen LogP contribution in [0.2, 0.25) is 0 Å². The number of likely N-dealkylation sites (tertiary alicyclic amines) is 1. The molecule has 2 unspecified atom stereocenters. The minimum atomic E-state index is -0.244. The van der Waals surface area contributed by atoms with E-state index in [0.717, 1.165) is 32.5 Å². The van der Waals surface area contributed by atoms with Gasteiger partial charge in [-0.2, -0.15) is 0 Å². The van der Waals surface area contributed by atoms with E-state index in [4.69, 9.17) is 4.74 Å². The van der Waals surface area contributed by atoms with Crippen LogP contribution in [0.3, 0.4) is 0 Å². The van der Waals surface area contributed by atoms with Gasteiger partial charge in [0.2, 0.25) is 0 Å². The maximum Gasteiger partial charge on any atom is 0.313 e. The smallest absolute Gasteiger partial charge is 0.313 e. The summed E-state index contributed by atoms with van der Waals surface area (Å²) in [5.74, 6) is 0.688. The molecular weight excluding hydrogens is 262 g/mol. The van der Waals surface area contributed by atoms with Crippen molar-refractivity contribution in [3.05, 3.63) is 35.9 Å². The second kappa shape index (κ2) is 6.18. The summed E-state index contributed by atoms with van der Waals surface area (Å²) in [5, 5.41) is 0. The number of benzene rings is 1. The molecule has 0 aromatic heterocycles. The molecule has 1 aromatic rings. The van der Waals surface area contributed by atoms with E-state index in [9.17, 15) is 4.79 Å². The molecule has 2 atom stereocenters. The van der Waals surface area contributed by atoms with Crippen molar-refractivity contribution in [1.82, 2.24) is 4.90 Å². The Hall–Kier alpha value is -1.35. The van der Waals surface area contributed by atoms with Gasteiger partial charge in [0.05, 0.1) is 12.0 Å². The molecule has 1 aliphatic carbocycles. The number of rotatable bonds is 4. The summed E-state index contributed by atoms with van der Waals surface area (Å²) < 4.78 is 5.39. The lowest BCUT2D eigenvalue weighted by atomic mass is 9.66. The van der Waals surface area contributed by atoms with E-state index in [1.807, 2.05) is 6.92 Å². The third-order valence-corrected chi connectivity index (χ3v) is 4.95. The summed E-state index contributed by atoms with van der Waals surface area (Å²) in [6, 6.07) is 10.6. The Balaban J connectivity index is 1.74. The fourth-order valence-corrected chi connectivity index (χ4v) is 4.14. The zero-order valence-electron chi connectivity index (χ0n) is 12.9. The molecule has 0 spiro atoms. The molecule has 2 fully saturated rings. The maximum atomic E-state index is 12.5. The summed E-state index contributed by atoms with van der Waals surface area (Å²) >= 11 is 0. The third-order valence-electron chi connectivity index (χ3n) is 4.95. The van der Waals surface area contributed by atoms with Crippen LogP contribution in [-0.2, 0) is 16.1 Å². The highest BCUT2D eigenvalue weighted by molar-refractivity contribution is 5.77. The van der Waals surface area contributed by atoms with Gasteiger partial charge in [0.15, 0.2) is 0 Å². The van der Waals surface area contributed by atoms with Crippen molar-refractivity contribution in [2.45, 2.75) is 39.2 Å². The average Bonchev–Trinajstić information content (AvgIpc) is 2.48.